The van der Waals surface area contributed by atoms with E-state index in [-0.39, 0.29) is 53.0 Å². The number of carbonyl (C=O) groups is 4. The zero-order valence-electron chi connectivity index (χ0n) is 22.1. The fourth-order valence-corrected chi connectivity index (χ4v) is 7.36. The van der Waals surface area contributed by atoms with Crippen molar-refractivity contribution in [1.82, 2.24) is 0 Å². The normalized spacial score (nSPS) is 25.4. The topological polar surface area (TPSA) is 141 Å². The van der Waals surface area contributed by atoms with Crippen LogP contribution in [0.5, 0.6) is 11.5 Å². The number of fused-ring (bicyclic) bond motifs is 3. The number of imide groups is 1. The number of benzene rings is 2. The molecule has 1 fully saturated rings. The number of allylic oxidation sites excluding steroid dienone is 6. The first-order valence-corrected chi connectivity index (χ1v) is 14.2. The number of phenolic OH excluding ortho intramolecular Hbond substituents is 1. The molecule has 3 N–H and O–H groups in total. The number of rotatable bonds is 4. The van der Waals surface area contributed by atoms with Crippen LogP contribution in [0.25, 0.3) is 0 Å². The molecule has 6 rings (SSSR count). The summed E-state index contributed by atoms with van der Waals surface area (Å²) in [4.78, 5) is 55.6. The number of ketones is 2. The van der Waals surface area contributed by atoms with Crippen molar-refractivity contribution in [2.45, 2.75) is 25.7 Å². The lowest BCUT2D eigenvalue weighted by atomic mass is 9.59. The Morgan fingerprint density at radius 2 is 1.80 bits per heavy atom. The van der Waals surface area contributed by atoms with E-state index in [0.717, 1.165) is 10.5 Å². The van der Waals surface area contributed by atoms with Gasteiger partial charge in [0.05, 0.1) is 28.2 Å². The number of hydrogen-bond donors (Lipinski definition) is 3. The average Bonchev–Trinajstić information content (AvgIpc) is 3.21. The molecule has 4 unspecified atom stereocenters. The summed E-state index contributed by atoms with van der Waals surface area (Å²) < 4.78 is 5.90. The van der Waals surface area contributed by atoms with Crippen LogP contribution >= 0.6 is 22.6 Å². The maximum absolute atomic E-state index is 14.0. The quantitative estimate of drug-likeness (QED) is 0.149. The predicted molar refractivity (Wildman–Crippen MR) is 157 cm³/mol. The molecule has 208 valence electrons. The minimum Gasteiger partial charge on any atom is -0.504 e. The van der Waals surface area contributed by atoms with Crippen molar-refractivity contribution < 1.29 is 39.1 Å². The summed E-state index contributed by atoms with van der Waals surface area (Å²) in [6.45, 7) is 1.61. The maximum atomic E-state index is 14.0. The molecule has 4 aliphatic rings. The molecular formula is C30H25BINO8. The third-order valence-corrected chi connectivity index (χ3v) is 9.42. The monoisotopic (exact) mass is 665 g/mol. The smallest absolute Gasteiger partial charge is 0.488 e. The molecule has 41 heavy (non-hydrogen) atoms. The molecule has 0 aromatic heterocycles. The van der Waals surface area contributed by atoms with Crippen LogP contribution in [0.4, 0.5) is 5.69 Å². The lowest BCUT2D eigenvalue weighted by Crippen LogP contribution is -2.40. The van der Waals surface area contributed by atoms with Crippen molar-refractivity contribution in [2.75, 3.05) is 12.0 Å². The van der Waals surface area contributed by atoms with Crippen LogP contribution in [-0.4, -0.2) is 52.8 Å². The number of nitrogens with zero attached hydrogens (tertiary/aromatic N) is 1. The van der Waals surface area contributed by atoms with Crippen molar-refractivity contribution in [3.05, 3.63) is 80.0 Å². The number of phenols is 1. The van der Waals surface area contributed by atoms with E-state index in [1.54, 1.807) is 31.2 Å². The van der Waals surface area contributed by atoms with Gasteiger partial charge in [-0.3, -0.25) is 24.1 Å². The maximum Gasteiger partial charge on any atom is 0.488 e. The zero-order chi connectivity index (χ0) is 29.3. The summed E-state index contributed by atoms with van der Waals surface area (Å²) in [5, 5.41) is 29.8. The molecule has 2 aromatic rings. The van der Waals surface area contributed by atoms with Crippen molar-refractivity contribution in [3.63, 3.8) is 0 Å². The summed E-state index contributed by atoms with van der Waals surface area (Å²) in [6, 6.07) is 9.39. The largest absolute Gasteiger partial charge is 0.504 e. The van der Waals surface area contributed by atoms with Crippen LogP contribution in [0.3, 0.4) is 0 Å². The Hall–Kier alpha value is -3.55. The van der Waals surface area contributed by atoms with E-state index in [1.165, 1.54) is 25.3 Å². The first kappa shape index (κ1) is 27.6. The van der Waals surface area contributed by atoms with Crippen LogP contribution in [-0.2, 0) is 19.2 Å². The van der Waals surface area contributed by atoms with Gasteiger partial charge in [-0.25, -0.2) is 0 Å². The zero-order valence-corrected chi connectivity index (χ0v) is 24.3. The highest BCUT2D eigenvalue weighted by Gasteiger charge is 2.56. The Kier molecular flexibility index (Phi) is 6.78. The van der Waals surface area contributed by atoms with Gasteiger partial charge < -0.3 is 19.9 Å². The van der Waals surface area contributed by atoms with E-state index in [4.69, 9.17) is 4.74 Å². The van der Waals surface area contributed by atoms with Gasteiger partial charge in [-0.1, -0.05) is 23.8 Å². The third kappa shape index (κ3) is 4.20. The molecule has 2 amide bonds. The SMILES string of the molecule is COc1cc(C2C3=CCC4C(=O)N(c5cccc(B(O)O)c5)C(=O)C4C3CC3=C2C(=O)C(C)=CC3=O)cc(I)c1O. The van der Waals surface area contributed by atoms with Gasteiger partial charge in [0, 0.05) is 22.6 Å². The number of halogens is 1. The number of aromatic hydroxyl groups is 1. The van der Waals surface area contributed by atoms with Gasteiger partial charge in [-0.2, -0.15) is 0 Å². The van der Waals surface area contributed by atoms with E-state index in [1.807, 2.05) is 28.7 Å². The fourth-order valence-electron chi connectivity index (χ4n) is 6.74. The molecule has 11 heteroatoms. The molecule has 0 saturated carbocycles. The number of methoxy groups -OCH3 is 1. The highest BCUT2D eigenvalue weighted by atomic mass is 127. The number of carbonyl (C=O) groups excluding carboxylic acids is 4. The second kappa shape index (κ2) is 10.1. The lowest BCUT2D eigenvalue weighted by Gasteiger charge is -2.42. The number of anilines is 1. The Labute approximate surface area is 249 Å². The predicted octanol–water partition coefficient (Wildman–Crippen LogP) is 2.32. The molecule has 1 heterocycles. The van der Waals surface area contributed by atoms with Crippen LogP contribution < -0.4 is 15.1 Å². The summed E-state index contributed by atoms with van der Waals surface area (Å²) in [7, 11) is -0.336. The molecule has 0 bridgehead atoms. The number of hydrogen-bond acceptors (Lipinski definition) is 8. The molecule has 9 nitrogen and oxygen atoms in total. The van der Waals surface area contributed by atoms with Crippen LogP contribution in [0.2, 0.25) is 0 Å². The van der Waals surface area contributed by atoms with Crippen molar-refractivity contribution in [1.29, 1.82) is 0 Å². The van der Waals surface area contributed by atoms with Gasteiger partial charge in [0.2, 0.25) is 11.8 Å². The summed E-state index contributed by atoms with van der Waals surface area (Å²) in [6.07, 6.45) is 3.65. The second-order valence-electron chi connectivity index (χ2n) is 10.8. The highest BCUT2D eigenvalue weighted by Crippen LogP contribution is 2.56. The number of ether oxygens (including phenoxy) is 1. The van der Waals surface area contributed by atoms with Gasteiger partial charge in [0.1, 0.15) is 0 Å². The van der Waals surface area contributed by atoms with Gasteiger partial charge in [0.15, 0.2) is 23.1 Å². The average molecular weight is 665 g/mol. The lowest BCUT2D eigenvalue weighted by molar-refractivity contribution is -0.123. The van der Waals surface area contributed by atoms with Gasteiger partial charge in [-0.05, 0) is 89.6 Å². The Morgan fingerprint density at radius 3 is 2.51 bits per heavy atom. The van der Waals surface area contributed by atoms with E-state index in [0.29, 0.717) is 25.9 Å². The van der Waals surface area contributed by atoms with E-state index in [9.17, 15) is 34.3 Å². The Bertz CT molecular complexity index is 1660. The van der Waals surface area contributed by atoms with Crippen LogP contribution in [0.15, 0.2) is 70.8 Å². The molecule has 0 spiro atoms. The van der Waals surface area contributed by atoms with Crippen LogP contribution in [0.1, 0.15) is 31.2 Å². The van der Waals surface area contributed by atoms with Crippen molar-refractivity contribution >= 4 is 64.2 Å². The molecule has 0 radical (unpaired) electrons. The third-order valence-electron chi connectivity index (χ3n) is 8.60. The van der Waals surface area contributed by atoms with Crippen molar-refractivity contribution in [3.8, 4) is 11.5 Å². The van der Waals surface area contributed by atoms with Gasteiger partial charge in [-0.15, -0.1) is 0 Å². The summed E-state index contributed by atoms with van der Waals surface area (Å²) in [5.74, 6) is -3.80. The van der Waals surface area contributed by atoms with E-state index in [2.05, 4.69) is 0 Å². The number of Topliss-reactive ketones (excluding diaryl/α,β-unsaturated/α-hetero) is 1. The first-order valence-electron chi connectivity index (χ1n) is 13.1. The van der Waals surface area contributed by atoms with E-state index < -0.39 is 36.7 Å². The van der Waals surface area contributed by atoms with Gasteiger partial charge >= 0.3 is 7.12 Å². The number of amides is 2. The van der Waals surface area contributed by atoms with Crippen LogP contribution in [0, 0.1) is 21.3 Å². The van der Waals surface area contributed by atoms with Gasteiger partial charge in [0.25, 0.3) is 0 Å². The summed E-state index contributed by atoms with van der Waals surface area (Å²) >= 11 is 1.98. The highest BCUT2D eigenvalue weighted by molar-refractivity contribution is 14.1. The summed E-state index contributed by atoms with van der Waals surface area (Å²) in [5.41, 5.74) is 2.84. The van der Waals surface area contributed by atoms with Crippen molar-refractivity contribution in [2.24, 2.45) is 17.8 Å². The molecule has 1 aliphatic heterocycles. The minimum absolute atomic E-state index is 0.0411. The Balaban J connectivity index is 1.49. The molecule has 3 aliphatic carbocycles. The second-order valence-corrected chi connectivity index (χ2v) is 11.9. The molecule has 1 saturated heterocycles. The molecule has 4 atom stereocenters. The fraction of sp³-hybridized carbons (Fsp3) is 0.267. The van der Waals surface area contributed by atoms with E-state index >= 15 is 0 Å². The standard InChI is InChI=1S/C30H25BINO8/c1-13-8-22(34)20-12-19-17(24(26(20)27(13)35)14-9-21(32)28(36)23(10-14)41-2)6-7-18-25(19)30(38)33(29(18)37)16-5-3-4-15(11-16)31(39)40/h3-6,8-11,18-19,24-25,36,39-40H,7,12H2,1-2H3. The Morgan fingerprint density at radius 1 is 1.05 bits per heavy atom. The molecular weight excluding hydrogens is 640 g/mol. The molecule has 2 aromatic carbocycles. The first-order chi connectivity index (χ1) is 19.5. The minimum atomic E-state index is -1.76.